The minimum atomic E-state index is -0.148. The first-order chi connectivity index (χ1) is 9.15. The minimum Gasteiger partial charge on any atom is -0.493 e. The molecule has 0 fully saturated rings. The SMILES string of the molecule is COc1ccc(C(=O)c2ccnc(Cl)c2)cc1OC. The van der Waals surface area contributed by atoms with Crippen LogP contribution >= 0.6 is 11.6 Å². The van der Waals surface area contributed by atoms with E-state index in [-0.39, 0.29) is 10.9 Å². The van der Waals surface area contributed by atoms with Crippen LogP contribution in [0, 0.1) is 0 Å². The molecule has 4 nitrogen and oxygen atoms in total. The van der Waals surface area contributed by atoms with Gasteiger partial charge in [0.2, 0.25) is 0 Å². The van der Waals surface area contributed by atoms with Gasteiger partial charge in [0.05, 0.1) is 14.2 Å². The summed E-state index contributed by atoms with van der Waals surface area (Å²) in [5.41, 5.74) is 0.979. The highest BCUT2D eigenvalue weighted by Crippen LogP contribution is 2.28. The third kappa shape index (κ3) is 2.85. The van der Waals surface area contributed by atoms with Crippen LogP contribution in [-0.4, -0.2) is 25.0 Å². The molecule has 0 aliphatic carbocycles. The fraction of sp³-hybridized carbons (Fsp3) is 0.143. The van der Waals surface area contributed by atoms with Gasteiger partial charge in [-0.3, -0.25) is 4.79 Å². The van der Waals surface area contributed by atoms with E-state index in [1.54, 1.807) is 31.4 Å². The number of hydrogen-bond acceptors (Lipinski definition) is 4. The Morgan fingerprint density at radius 3 is 2.37 bits per heavy atom. The van der Waals surface area contributed by atoms with Crippen molar-refractivity contribution in [3.8, 4) is 11.5 Å². The first-order valence-electron chi connectivity index (χ1n) is 5.54. The second-order valence-corrected chi connectivity index (χ2v) is 4.15. The zero-order valence-corrected chi connectivity index (χ0v) is 11.3. The number of benzene rings is 1. The van der Waals surface area contributed by atoms with Crippen molar-refractivity contribution in [1.29, 1.82) is 0 Å². The molecule has 0 saturated carbocycles. The molecule has 0 unspecified atom stereocenters. The van der Waals surface area contributed by atoms with Crippen LogP contribution < -0.4 is 9.47 Å². The fourth-order valence-electron chi connectivity index (χ4n) is 1.69. The van der Waals surface area contributed by atoms with Crippen molar-refractivity contribution in [2.45, 2.75) is 0 Å². The summed E-state index contributed by atoms with van der Waals surface area (Å²) in [7, 11) is 3.07. The monoisotopic (exact) mass is 277 g/mol. The number of nitrogens with zero attached hydrogens (tertiary/aromatic N) is 1. The van der Waals surface area contributed by atoms with Gasteiger partial charge in [-0.15, -0.1) is 0 Å². The lowest BCUT2D eigenvalue weighted by Gasteiger charge is -2.09. The van der Waals surface area contributed by atoms with Crippen LogP contribution in [-0.2, 0) is 0 Å². The third-order valence-electron chi connectivity index (χ3n) is 2.63. The van der Waals surface area contributed by atoms with E-state index in [2.05, 4.69) is 4.98 Å². The molecular formula is C14H12ClNO3. The number of carbonyl (C=O) groups is 1. The van der Waals surface area contributed by atoms with E-state index >= 15 is 0 Å². The summed E-state index contributed by atoms with van der Waals surface area (Å²) in [6.45, 7) is 0. The Bertz CT molecular complexity index is 613. The highest BCUT2D eigenvalue weighted by Gasteiger charge is 2.13. The molecule has 2 aromatic rings. The maximum Gasteiger partial charge on any atom is 0.193 e. The molecule has 5 heteroatoms. The Hall–Kier alpha value is -2.07. The van der Waals surface area contributed by atoms with Crippen molar-refractivity contribution >= 4 is 17.4 Å². The second-order valence-electron chi connectivity index (χ2n) is 3.77. The first kappa shape index (κ1) is 13.4. The summed E-state index contributed by atoms with van der Waals surface area (Å²) in [5.74, 6) is 0.936. The molecule has 19 heavy (non-hydrogen) atoms. The van der Waals surface area contributed by atoms with Gasteiger partial charge in [0.15, 0.2) is 17.3 Å². The molecule has 1 heterocycles. The maximum atomic E-state index is 12.3. The van der Waals surface area contributed by atoms with Crippen LogP contribution in [0.25, 0.3) is 0 Å². The van der Waals surface area contributed by atoms with Gasteiger partial charge in [0.25, 0.3) is 0 Å². The second kappa shape index (κ2) is 5.71. The van der Waals surface area contributed by atoms with Gasteiger partial charge in [0, 0.05) is 17.3 Å². The van der Waals surface area contributed by atoms with Gasteiger partial charge >= 0.3 is 0 Å². The average molecular weight is 278 g/mol. The standard InChI is InChI=1S/C14H12ClNO3/c1-18-11-4-3-9(7-12(11)19-2)14(17)10-5-6-16-13(15)8-10/h3-8H,1-2H3. The molecular weight excluding hydrogens is 266 g/mol. The molecule has 0 aliphatic heterocycles. The van der Waals surface area contributed by atoms with Crippen LogP contribution in [0.3, 0.4) is 0 Å². The summed E-state index contributed by atoms with van der Waals surface area (Å²) in [4.78, 5) is 16.1. The Morgan fingerprint density at radius 1 is 1.05 bits per heavy atom. The van der Waals surface area contributed by atoms with Crippen molar-refractivity contribution in [2.24, 2.45) is 0 Å². The van der Waals surface area contributed by atoms with Crippen molar-refractivity contribution in [1.82, 2.24) is 4.98 Å². The Morgan fingerprint density at radius 2 is 1.74 bits per heavy atom. The molecule has 0 spiro atoms. The van der Waals surface area contributed by atoms with Crippen molar-refractivity contribution in [2.75, 3.05) is 14.2 Å². The van der Waals surface area contributed by atoms with E-state index in [1.165, 1.54) is 19.4 Å². The molecule has 2 rings (SSSR count). The van der Waals surface area contributed by atoms with Crippen LogP contribution in [0.1, 0.15) is 15.9 Å². The van der Waals surface area contributed by atoms with E-state index in [4.69, 9.17) is 21.1 Å². The Kier molecular flexibility index (Phi) is 4.02. The Labute approximate surface area is 115 Å². The summed E-state index contributed by atoms with van der Waals surface area (Å²) in [6.07, 6.45) is 1.50. The number of hydrogen-bond donors (Lipinski definition) is 0. The smallest absolute Gasteiger partial charge is 0.193 e. The molecule has 0 N–H and O–H groups in total. The van der Waals surface area contributed by atoms with Gasteiger partial charge in [-0.2, -0.15) is 0 Å². The zero-order chi connectivity index (χ0) is 13.8. The molecule has 0 saturated heterocycles. The van der Waals surface area contributed by atoms with Crippen molar-refractivity contribution in [3.63, 3.8) is 0 Å². The number of ether oxygens (including phenoxy) is 2. The molecule has 0 aliphatic rings. The Balaban J connectivity index is 2.39. The average Bonchev–Trinajstić information content (AvgIpc) is 2.45. The number of pyridine rings is 1. The van der Waals surface area contributed by atoms with Gasteiger partial charge in [-0.1, -0.05) is 11.6 Å². The van der Waals surface area contributed by atoms with Crippen LogP contribution in [0.4, 0.5) is 0 Å². The van der Waals surface area contributed by atoms with Crippen molar-refractivity contribution < 1.29 is 14.3 Å². The van der Waals surface area contributed by atoms with Crippen LogP contribution in [0.15, 0.2) is 36.5 Å². The van der Waals surface area contributed by atoms with E-state index in [1.807, 2.05) is 0 Å². The predicted molar refractivity (Wildman–Crippen MR) is 72.2 cm³/mol. The molecule has 1 aromatic heterocycles. The lowest BCUT2D eigenvalue weighted by Crippen LogP contribution is -2.02. The molecule has 0 bridgehead atoms. The molecule has 0 amide bonds. The number of methoxy groups -OCH3 is 2. The topological polar surface area (TPSA) is 48.4 Å². The van der Waals surface area contributed by atoms with Gasteiger partial charge < -0.3 is 9.47 Å². The largest absolute Gasteiger partial charge is 0.493 e. The summed E-state index contributed by atoms with van der Waals surface area (Å²) in [6, 6.07) is 8.15. The molecule has 1 aromatic carbocycles. The van der Waals surface area contributed by atoms with Gasteiger partial charge in [0.1, 0.15) is 5.15 Å². The predicted octanol–water partition coefficient (Wildman–Crippen LogP) is 2.98. The lowest BCUT2D eigenvalue weighted by atomic mass is 10.0. The summed E-state index contributed by atoms with van der Waals surface area (Å²) < 4.78 is 10.3. The number of aromatic nitrogens is 1. The minimum absolute atomic E-state index is 0.148. The van der Waals surface area contributed by atoms with Crippen LogP contribution in [0.2, 0.25) is 5.15 Å². The zero-order valence-electron chi connectivity index (χ0n) is 10.5. The van der Waals surface area contributed by atoms with E-state index in [0.717, 1.165) is 0 Å². The van der Waals surface area contributed by atoms with E-state index in [9.17, 15) is 4.79 Å². The highest BCUT2D eigenvalue weighted by atomic mass is 35.5. The van der Waals surface area contributed by atoms with Crippen molar-refractivity contribution in [3.05, 3.63) is 52.8 Å². The summed E-state index contributed by atoms with van der Waals surface area (Å²) in [5, 5.41) is 0.284. The lowest BCUT2D eigenvalue weighted by molar-refractivity contribution is 0.103. The maximum absolute atomic E-state index is 12.3. The number of carbonyl (C=O) groups excluding carboxylic acids is 1. The molecule has 98 valence electrons. The molecule has 0 atom stereocenters. The highest BCUT2D eigenvalue weighted by molar-refractivity contribution is 6.30. The van der Waals surface area contributed by atoms with Gasteiger partial charge in [-0.25, -0.2) is 4.98 Å². The van der Waals surface area contributed by atoms with Crippen LogP contribution in [0.5, 0.6) is 11.5 Å². The number of halogens is 1. The third-order valence-corrected chi connectivity index (χ3v) is 2.84. The quantitative estimate of drug-likeness (QED) is 0.637. The first-order valence-corrected chi connectivity index (χ1v) is 5.92. The fourth-order valence-corrected chi connectivity index (χ4v) is 1.86. The summed E-state index contributed by atoms with van der Waals surface area (Å²) >= 11 is 5.77. The van der Waals surface area contributed by atoms with E-state index < -0.39 is 0 Å². The molecule has 0 radical (unpaired) electrons. The van der Waals surface area contributed by atoms with Gasteiger partial charge in [-0.05, 0) is 30.3 Å². The number of rotatable bonds is 4. The van der Waals surface area contributed by atoms with E-state index in [0.29, 0.717) is 22.6 Å². The number of ketones is 1. The normalized spacial score (nSPS) is 10.1.